The molecule has 2 aromatic heterocycles. The van der Waals surface area contributed by atoms with Crippen LogP contribution >= 0.6 is 0 Å². The Bertz CT molecular complexity index is 563. The summed E-state index contributed by atoms with van der Waals surface area (Å²) < 4.78 is 1.89. The van der Waals surface area contributed by atoms with Crippen molar-refractivity contribution in [2.75, 3.05) is 19.6 Å². The van der Waals surface area contributed by atoms with Crippen molar-refractivity contribution in [2.45, 2.75) is 19.5 Å². The second-order valence-corrected chi connectivity index (χ2v) is 5.39. The van der Waals surface area contributed by atoms with Crippen LogP contribution in [0.15, 0.2) is 30.7 Å². The summed E-state index contributed by atoms with van der Waals surface area (Å²) in [6.45, 7) is 6.09. The number of pyridine rings is 1. The van der Waals surface area contributed by atoms with Crippen molar-refractivity contribution in [1.29, 1.82) is 0 Å². The fourth-order valence-corrected chi connectivity index (χ4v) is 2.86. The standard InChI is InChI=1S/C15H21N5/c1-12-14(10-19(2)18-12)11-20-7-6-17-9-15(20)13-4-3-5-16-8-13/h3-5,8,10,15,17H,6-7,9,11H2,1-2H3. The van der Waals surface area contributed by atoms with Gasteiger partial charge in [0.1, 0.15) is 0 Å². The van der Waals surface area contributed by atoms with E-state index in [1.807, 2.05) is 30.2 Å². The maximum atomic E-state index is 4.44. The summed E-state index contributed by atoms with van der Waals surface area (Å²) in [4.78, 5) is 6.76. The minimum Gasteiger partial charge on any atom is -0.314 e. The maximum absolute atomic E-state index is 4.44. The highest BCUT2D eigenvalue weighted by Gasteiger charge is 2.24. The van der Waals surface area contributed by atoms with Crippen LogP contribution in [0.2, 0.25) is 0 Å². The third-order valence-electron chi connectivity index (χ3n) is 3.91. The second-order valence-electron chi connectivity index (χ2n) is 5.39. The Morgan fingerprint density at radius 1 is 1.45 bits per heavy atom. The Hall–Kier alpha value is -1.72. The van der Waals surface area contributed by atoms with Crippen LogP contribution in [0.1, 0.15) is 22.9 Å². The van der Waals surface area contributed by atoms with E-state index >= 15 is 0 Å². The predicted octanol–water partition coefficient (Wildman–Crippen LogP) is 1.27. The molecule has 1 N–H and O–H groups in total. The molecule has 3 heterocycles. The number of nitrogens with zero attached hydrogens (tertiary/aromatic N) is 4. The average Bonchev–Trinajstić information content (AvgIpc) is 2.78. The van der Waals surface area contributed by atoms with Gasteiger partial charge in [-0.3, -0.25) is 14.6 Å². The molecule has 106 valence electrons. The molecule has 0 aromatic carbocycles. The minimum absolute atomic E-state index is 0.386. The molecule has 0 radical (unpaired) electrons. The summed E-state index contributed by atoms with van der Waals surface area (Å²) in [5.41, 5.74) is 3.71. The van der Waals surface area contributed by atoms with E-state index in [-0.39, 0.29) is 0 Å². The highest BCUT2D eigenvalue weighted by molar-refractivity contribution is 5.19. The monoisotopic (exact) mass is 271 g/mol. The molecule has 0 bridgehead atoms. The zero-order valence-electron chi connectivity index (χ0n) is 12.1. The highest BCUT2D eigenvalue weighted by atomic mass is 15.3. The summed E-state index contributed by atoms with van der Waals surface area (Å²) in [5.74, 6) is 0. The van der Waals surface area contributed by atoms with Crippen LogP contribution in [-0.2, 0) is 13.6 Å². The molecule has 1 aliphatic rings. The first-order valence-corrected chi connectivity index (χ1v) is 7.08. The SMILES string of the molecule is Cc1nn(C)cc1CN1CCNCC1c1cccnc1. The minimum atomic E-state index is 0.386. The molecule has 1 saturated heterocycles. The number of piperazine rings is 1. The number of aryl methyl sites for hydroxylation is 2. The first-order chi connectivity index (χ1) is 9.74. The number of hydrogen-bond acceptors (Lipinski definition) is 4. The van der Waals surface area contributed by atoms with E-state index in [9.17, 15) is 0 Å². The molecular formula is C15H21N5. The first-order valence-electron chi connectivity index (χ1n) is 7.08. The van der Waals surface area contributed by atoms with Gasteiger partial charge < -0.3 is 5.32 Å². The van der Waals surface area contributed by atoms with Crippen LogP contribution in [0.25, 0.3) is 0 Å². The molecule has 0 spiro atoms. The molecule has 5 nitrogen and oxygen atoms in total. The lowest BCUT2D eigenvalue weighted by atomic mass is 10.0. The predicted molar refractivity (Wildman–Crippen MR) is 78.2 cm³/mol. The third-order valence-corrected chi connectivity index (χ3v) is 3.91. The van der Waals surface area contributed by atoms with E-state index in [1.165, 1.54) is 11.1 Å². The van der Waals surface area contributed by atoms with Gasteiger partial charge in [-0.05, 0) is 18.6 Å². The van der Waals surface area contributed by atoms with Gasteiger partial charge in [-0.1, -0.05) is 6.07 Å². The lowest BCUT2D eigenvalue weighted by molar-refractivity contribution is 0.153. The van der Waals surface area contributed by atoms with Crippen molar-refractivity contribution >= 4 is 0 Å². The molecule has 1 unspecified atom stereocenters. The molecule has 0 saturated carbocycles. The Morgan fingerprint density at radius 2 is 2.35 bits per heavy atom. The van der Waals surface area contributed by atoms with Gasteiger partial charge >= 0.3 is 0 Å². The fraction of sp³-hybridized carbons (Fsp3) is 0.467. The van der Waals surface area contributed by atoms with Crippen molar-refractivity contribution in [2.24, 2.45) is 7.05 Å². The molecule has 2 aromatic rings. The molecule has 0 amide bonds. The van der Waals surface area contributed by atoms with E-state index < -0.39 is 0 Å². The van der Waals surface area contributed by atoms with Gasteiger partial charge in [0.25, 0.3) is 0 Å². The van der Waals surface area contributed by atoms with Crippen LogP contribution < -0.4 is 5.32 Å². The molecule has 20 heavy (non-hydrogen) atoms. The van der Waals surface area contributed by atoms with Gasteiger partial charge in [0.2, 0.25) is 0 Å². The largest absolute Gasteiger partial charge is 0.314 e. The molecule has 3 rings (SSSR count). The first kappa shape index (κ1) is 13.3. The summed E-state index contributed by atoms with van der Waals surface area (Å²) in [5, 5.41) is 7.91. The summed E-state index contributed by atoms with van der Waals surface area (Å²) in [6.07, 6.45) is 5.92. The van der Waals surface area contributed by atoms with Gasteiger partial charge in [-0.25, -0.2) is 0 Å². The van der Waals surface area contributed by atoms with Gasteiger partial charge in [-0.2, -0.15) is 5.10 Å². The summed E-state index contributed by atoms with van der Waals surface area (Å²) in [6, 6.07) is 4.56. The number of nitrogens with one attached hydrogen (secondary N) is 1. The molecule has 5 heteroatoms. The molecule has 1 fully saturated rings. The summed E-state index contributed by atoms with van der Waals surface area (Å²) in [7, 11) is 1.98. The zero-order chi connectivity index (χ0) is 13.9. The molecule has 1 atom stereocenters. The smallest absolute Gasteiger partial charge is 0.0638 e. The summed E-state index contributed by atoms with van der Waals surface area (Å²) >= 11 is 0. The quantitative estimate of drug-likeness (QED) is 0.913. The Morgan fingerprint density at radius 3 is 3.05 bits per heavy atom. The van der Waals surface area contributed by atoms with E-state index in [0.29, 0.717) is 6.04 Å². The topological polar surface area (TPSA) is 46.0 Å². The van der Waals surface area contributed by atoms with E-state index in [4.69, 9.17) is 0 Å². The third kappa shape index (κ3) is 2.73. The van der Waals surface area contributed by atoms with Gasteiger partial charge in [-0.15, -0.1) is 0 Å². The van der Waals surface area contributed by atoms with Crippen molar-refractivity contribution in [3.05, 3.63) is 47.5 Å². The zero-order valence-corrected chi connectivity index (χ0v) is 12.1. The second kappa shape index (κ2) is 5.73. The van der Waals surface area contributed by atoms with Crippen LogP contribution in [0.5, 0.6) is 0 Å². The number of hydrogen-bond donors (Lipinski definition) is 1. The van der Waals surface area contributed by atoms with Crippen LogP contribution in [0.4, 0.5) is 0 Å². The fourth-order valence-electron chi connectivity index (χ4n) is 2.86. The van der Waals surface area contributed by atoms with Crippen molar-refractivity contribution in [1.82, 2.24) is 25.0 Å². The Labute approximate surface area is 119 Å². The maximum Gasteiger partial charge on any atom is 0.0638 e. The number of rotatable bonds is 3. The lowest BCUT2D eigenvalue weighted by Crippen LogP contribution is -2.45. The van der Waals surface area contributed by atoms with E-state index in [0.717, 1.165) is 31.9 Å². The molecule has 1 aliphatic heterocycles. The van der Waals surface area contributed by atoms with E-state index in [1.54, 1.807) is 0 Å². The molecular weight excluding hydrogens is 250 g/mol. The Kier molecular flexibility index (Phi) is 3.80. The average molecular weight is 271 g/mol. The molecule has 0 aliphatic carbocycles. The van der Waals surface area contributed by atoms with E-state index in [2.05, 4.69) is 39.5 Å². The van der Waals surface area contributed by atoms with Gasteiger partial charge in [0.05, 0.1) is 5.69 Å². The van der Waals surface area contributed by atoms with Gasteiger partial charge in [0, 0.05) is 63.4 Å². The lowest BCUT2D eigenvalue weighted by Gasteiger charge is -2.36. The highest BCUT2D eigenvalue weighted by Crippen LogP contribution is 2.24. The van der Waals surface area contributed by atoms with Crippen LogP contribution in [-0.4, -0.2) is 39.3 Å². The Balaban J connectivity index is 1.81. The van der Waals surface area contributed by atoms with Crippen LogP contribution in [0, 0.1) is 6.92 Å². The van der Waals surface area contributed by atoms with Crippen molar-refractivity contribution in [3.63, 3.8) is 0 Å². The van der Waals surface area contributed by atoms with Crippen molar-refractivity contribution in [3.8, 4) is 0 Å². The number of aromatic nitrogens is 3. The normalized spacial score (nSPS) is 20.2. The van der Waals surface area contributed by atoms with Crippen LogP contribution in [0.3, 0.4) is 0 Å². The van der Waals surface area contributed by atoms with Gasteiger partial charge in [0.15, 0.2) is 0 Å². The van der Waals surface area contributed by atoms with Crippen molar-refractivity contribution < 1.29 is 0 Å².